The summed E-state index contributed by atoms with van der Waals surface area (Å²) in [4.78, 5) is 6.40. The lowest BCUT2D eigenvalue weighted by Gasteiger charge is -2.29. The summed E-state index contributed by atoms with van der Waals surface area (Å²) in [6.45, 7) is 5.68. The molecule has 1 aromatic carbocycles. The van der Waals surface area contributed by atoms with Gasteiger partial charge in [0.1, 0.15) is 0 Å². The summed E-state index contributed by atoms with van der Waals surface area (Å²) < 4.78 is 1.02. The first-order chi connectivity index (χ1) is 10.1. The average Bonchev–Trinajstić information content (AvgIpc) is 2.48. The highest BCUT2D eigenvalue weighted by atomic mass is 79.9. The van der Waals surface area contributed by atoms with Gasteiger partial charge in [-0.3, -0.25) is 9.88 Å². The van der Waals surface area contributed by atoms with E-state index in [1.807, 2.05) is 36.5 Å². The Morgan fingerprint density at radius 3 is 2.48 bits per heavy atom. The molecule has 0 fully saturated rings. The smallest absolute Gasteiger partial charge is 0.0917 e. The predicted octanol–water partition coefficient (Wildman–Crippen LogP) is 3.79. The zero-order valence-corrected chi connectivity index (χ0v) is 14.0. The van der Waals surface area contributed by atoms with Gasteiger partial charge in [0.25, 0.3) is 0 Å². The van der Waals surface area contributed by atoms with E-state index in [2.05, 4.69) is 45.7 Å². The fraction of sp³-hybridized carbons (Fsp3) is 0.353. The van der Waals surface area contributed by atoms with Gasteiger partial charge in [-0.25, -0.2) is 0 Å². The summed E-state index contributed by atoms with van der Waals surface area (Å²) in [6, 6.07) is 12.2. The van der Waals surface area contributed by atoms with Gasteiger partial charge in [-0.05, 0) is 43.2 Å². The average molecular weight is 349 g/mol. The molecule has 0 aliphatic rings. The maximum atomic E-state index is 10.4. The predicted molar refractivity (Wildman–Crippen MR) is 88.9 cm³/mol. The van der Waals surface area contributed by atoms with Gasteiger partial charge < -0.3 is 5.11 Å². The van der Waals surface area contributed by atoms with Gasteiger partial charge in [0, 0.05) is 36.0 Å². The largest absolute Gasteiger partial charge is 0.387 e. The highest BCUT2D eigenvalue weighted by Gasteiger charge is 2.16. The molecule has 0 amide bonds. The third-order valence-corrected chi connectivity index (χ3v) is 4.03. The fourth-order valence-electron chi connectivity index (χ4n) is 2.20. The summed E-state index contributed by atoms with van der Waals surface area (Å²) in [7, 11) is 0. The summed E-state index contributed by atoms with van der Waals surface area (Å²) >= 11 is 3.41. The first kappa shape index (κ1) is 16.1. The SMILES string of the molecule is CC(C)N(Cc1cccnc1)CC(O)c1ccc(Br)cc1. The molecule has 0 radical (unpaired) electrons. The summed E-state index contributed by atoms with van der Waals surface area (Å²) in [5, 5.41) is 10.4. The van der Waals surface area contributed by atoms with Gasteiger partial charge in [-0.15, -0.1) is 0 Å². The molecule has 112 valence electrons. The minimum Gasteiger partial charge on any atom is -0.387 e. The Labute approximate surface area is 134 Å². The monoisotopic (exact) mass is 348 g/mol. The first-order valence-corrected chi connectivity index (χ1v) is 7.92. The maximum absolute atomic E-state index is 10.4. The highest BCUT2D eigenvalue weighted by Crippen LogP contribution is 2.19. The van der Waals surface area contributed by atoms with Crippen LogP contribution in [0.4, 0.5) is 0 Å². The number of halogens is 1. The van der Waals surface area contributed by atoms with E-state index in [1.165, 1.54) is 0 Å². The molecule has 1 heterocycles. The zero-order valence-electron chi connectivity index (χ0n) is 12.4. The second-order valence-corrected chi connectivity index (χ2v) is 6.37. The van der Waals surface area contributed by atoms with Crippen LogP contribution in [0, 0.1) is 0 Å². The van der Waals surface area contributed by atoms with Crippen molar-refractivity contribution in [2.75, 3.05) is 6.54 Å². The van der Waals surface area contributed by atoms with Crippen LogP contribution < -0.4 is 0 Å². The first-order valence-electron chi connectivity index (χ1n) is 7.12. The van der Waals surface area contributed by atoms with Crippen molar-refractivity contribution in [3.05, 3.63) is 64.4 Å². The number of hydrogen-bond donors (Lipinski definition) is 1. The van der Waals surface area contributed by atoms with Crippen LogP contribution in [0.3, 0.4) is 0 Å². The molecule has 21 heavy (non-hydrogen) atoms. The Morgan fingerprint density at radius 1 is 1.19 bits per heavy atom. The van der Waals surface area contributed by atoms with E-state index in [4.69, 9.17) is 0 Å². The van der Waals surface area contributed by atoms with E-state index in [0.717, 1.165) is 22.1 Å². The Kier molecular flexibility index (Phi) is 5.91. The zero-order chi connectivity index (χ0) is 15.2. The van der Waals surface area contributed by atoms with E-state index in [-0.39, 0.29) is 0 Å². The van der Waals surface area contributed by atoms with Crippen molar-refractivity contribution in [3.63, 3.8) is 0 Å². The normalized spacial score (nSPS) is 12.9. The van der Waals surface area contributed by atoms with Crippen LogP contribution in [0.1, 0.15) is 31.1 Å². The number of aliphatic hydroxyl groups is 1. The minimum atomic E-state index is -0.489. The lowest BCUT2D eigenvalue weighted by molar-refractivity contribution is 0.0907. The second kappa shape index (κ2) is 7.69. The van der Waals surface area contributed by atoms with Gasteiger partial charge in [0.05, 0.1) is 6.10 Å². The molecule has 0 saturated heterocycles. The van der Waals surface area contributed by atoms with Crippen LogP contribution in [0.25, 0.3) is 0 Å². The van der Waals surface area contributed by atoms with Gasteiger partial charge in [0.2, 0.25) is 0 Å². The van der Waals surface area contributed by atoms with Crippen molar-refractivity contribution >= 4 is 15.9 Å². The molecule has 0 bridgehead atoms. The number of rotatable bonds is 6. The number of aromatic nitrogens is 1. The van der Waals surface area contributed by atoms with Crippen LogP contribution in [-0.2, 0) is 6.54 Å². The molecule has 4 heteroatoms. The summed E-state index contributed by atoms with van der Waals surface area (Å²) in [5.41, 5.74) is 2.10. The van der Waals surface area contributed by atoms with E-state index in [9.17, 15) is 5.11 Å². The topological polar surface area (TPSA) is 36.4 Å². The van der Waals surface area contributed by atoms with E-state index >= 15 is 0 Å². The molecular formula is C17H21BrN2O. The van der Waals surface area contributed by atoms with E-state index in [1.54, 1.807) is 6.20 Å². The number of benzene rings is 1. The molecule has 0 aliphatic carbocycles. The summed E-state index contributed by atoms with van der Waals surface area (Å²) in [6.07, 6.45) is 3.17. The third kappa shape index (κ3) is 4.92. The number of pyridine rings is 1. The van der Waals surface area contributed by atoms with Crippen LogP contribution in [-0.4, -0.2) is 27.6 Å². The number of hydrogen-bond acceptors (Lipinski definition) is 3. The second-order valence-electron chi connectivity index (χ2n) is 5.45. The standard InChI is InChI=1S/C17H21BrN2O/c1-13(2)20(11-14-4-3-9-19-10-14)12-17(21)15-5-7-16(18)8-6-15/h3-10,13,17,21H,11-12H2,1-2H3. The Morgan fingerprint density at radius 2 is 1.90 bits per heavy atom. The van der Waals surface area contributed by atoms with Crippen molar-refractivity contribution in [2.45, 2.75) is 32.5 Å². The molecule has 0 saturated carbocycles. The minimum absolute atomic E-state index is 0.357. The Hall–Kier alpha value is -1.23. The highest BCUT2D eigenvalue weighted by molar-refractivity contribution is 9.10. The maximum Gasteiger partial charge on any atom is 0.0917 e. The van der Waals surface area contributed by atoms with Crippen LogP contribution in [0.5, 0.6) is 0 Å². The van der Waals surface area contributed by atoms with Crippen LogP contribution >= 0.6 is 15.9 Å². The fourth-order valence-corrected chi connectivity index (χ4v) is 2.46. The van der Waals surface area contributed by atoms with Crippen molar-refractivity contribution in [1.29, 1.82) is 0 Å². The van der Waals surface area contributed by atoms with Crippen LogP contribution in [0.15, 0.2) is 53.3 Å². The molecular weight excluding hydrogens is 328 g/mol. The molecule has 1 N–H and O–H groups in total. The molecule has 0 aliphatic heterocycles. The van der Waals surface area contributed by atoms with E-state index < -0.39 is 6.10 Å². The van der Waals surface area contributed by atoms with Crippen molar-refractivity contribution in [3.8, 4) is 0 Å². The molecule has 1 unspecified atom stereocenters. The van der Waals surface area contributed by atoms with E-state index in [0.29, 0.717) is 12.6 Å². The molecule has 2 aromatic rings. The van der Waals surface area contributed by atoms with Gasteiger partial charge in [-0.1, -0.05) is 34.1 Å². The molecule has 3 nitrogen and oxygen atoms in total. The number of aliphatic hydroxyl groups excluding tert-OH is 1. The molecule has 1 aromatic heterocycles. The van der Waals surface area contributed by atoms with Crippen LogP contribution in [0.2, 0.25) is 0 Å². The van der Waals surface area contributed by atoms with Gasteiger partial charge >= 0.3 is 0 Å². The molecule has 1 atom stereocenters. The third-order valence-electron chi connectivity index (χ3n) is 3.50. The van der Waals surface area contributed by atoms with Crippen molar-refractivity contribution in [2.24, 2.45) is 0 Å². The molecule has 0 spiro atoms. The van der Waals surface area contributed by atoms with Gasteiger partial charge in [0.15, 0.2) is 0 Å². The lowest BCUT2D eigenvalue weighted by Crippen LogP contribution is -2.34. The summed E-state index contributed by atoms with van der Waals surface area (Å²) in [5.74, 6) is 0. The Bertz CT molecular complexity index is 542. The quantitative estimate of drug-likeness (QED) is 0.862. The van der Waals surface area contributed by atoms with Crippen molar-refractivity contribution in [1.82, 2.24) is 9.88 Å². The molecule has 2 rings (SSSR count). The van der Waals surface area contributed by atoms with Crippen molar-refractivity contribution < 1.29 is 5.11 Å². The number of nitrogens with zero attached hydrogens (tertiary/aromatic N) is 2. The Balaban J connectivity index is 2.04. The lowest BCUT2D eigenvalue weighted by atomic mass is 10.1. The van der Waals surface area contributed by atoms with Gasteiger partial charge in [-0.2, -0.15) is 0 Å².